The van der Waals surface area contributed by atoms with E-state index in [1.165, 1.54) is 18.2 Å². The SMILES string of the molecule is CC(C)(C)OC(=O)Nc1ccc(-c2nc(-c3ccc(CC(NS(=O)(=O)c4ccc(Br)c(F)c4)C(=O)O)cc3F)no2)cc1. The Morgan fingerprint density at radius 3 is 2.35 bits per heavy atom. The molecule has 0 spiro atoms. The highest BCUT2D eigenvalue weighted by molar-refractivity contribution is 9.10. The fraction of sp³-hybridized carbons (Fsp3) is 0.214. The molecule has 1 aromatic heterocycles. The summed E-state index contributed by atoms with van der Waals surface area (Å²) >= 11 is 2.92. The third-order valence-corrected chi connectivity index (χ3v) is 7.83. The van der Waals surface area contributed by atoms with Crippen molar-refractivity contribution in [1.29, 1.82) is 0 Å². The van der Waals surface area contributed by atoms with Crippen molar-refractivity contribution in [2.45, 2.75) is 43.7 Å². The second kappa shape index (κ2) is 12.6. The first-order valence-electron chi connectivity index (χ1n) is 12.5. The predicted octanol–water partition coefficient (Wildman–Crippen LogP) is 5.77. The molecule has 0 bridgehead atoms. The molecule has 0 saturated heterocycles. The summed E-state index contributed by atoms with van der Waals surface area (Å²) in [6.45, 7) is 5.23. The van der Waals surface area contributed by atoms with Crippen molar-refractivity contribution >= 4 is 43.7 Å². The van der Waals surface area contributed by atoms with Crippen LogP contribution < -0.4 is 10.0 Å². The highest BCUT2D eigenvalue weighted by Gasteiger charge is 2.27. The number of nitrogens with one attached hydrogen (secondary N) is 2. The van der Waals surface area contributed by atoms with Crippen LogP contribution in [0.3, 0.4) is 0 Å². The van der Waals surface area contributed by atoms with Crippen LogP contribution in [0.5, 0.6) is 0 Å². The fourth-order valence-electron chi connectivity index (χ4n) is 3.75. The van der Waals surface area contributed by atoms with Crippen molar-refractivity contribution in [3.8, 4) is 22.8 Å². The van der Waals surface area contributed by atoms with Gasteiger partial charge in [-0.3, -0.25) is 10.1 Å². The average molecular weight is 679 g/mol. The van der Waals surface area contributed by atoms with Gasteiger partial charge in [-0.25, -0.2) is 22.0 Å². The number of carboxylic acids is 1. The molecule has 3 N–H and O–H groups in total. The fourth-order valence-corrected chi connectivity index (χ4v) is 5.20. The van der Waals surface area contributed by atoms with Gasteiger partial charge in [-0.15, -0.1) is 0 Å². The number of hydrogen-bond donors (Lipinski definition) is 3. The van der Waals surface area contributed by atoms with Crippen LogP contribution in [0.4, 0.5) is 19.3 Å². The molecule has 0 fully saturated rings. The van der Waals surface area contributed by atoms with Crippen molar-refractivity contribution < 1.29 is 41.2 Å². The first-order valence-corrected chi connectivity index (χ1v) is 14.8. The Hall–Kier alpha value is -4.21. The number of nitrogens with zero attached hydrogens (tertiary/aromatic N) is 2. The van der Waals surface area contributed by atoms with E-state index in [0.717, 1.165) is 18.2 Å². The molecule has 43 heavy (non-hydrogen) atoms. The predicted molar refractivity (Wildman–Crippen MR) is 155 cm³/mol. The minimum Gasteiger partial charge on any atom is -0.480 e. The second-order valence-electron chi connectivity index (χ2n) is 10.2. The zero-order valence-electron chi connectivity index (χ0n) is 22.9. The van der Waals surface area contributed by atoms with Gasteiger partial charge in [0.15, 0.2) is 0 Å². The minimum absolute atomic E-state index is 0.0380. The van der Waals surface area contributed by atoms with E-state index in [1.807, 2.05) is 4.72 Å². The number of carbonyl (C=O) groups excluding carboxylic acids is 1. The molecule has 4 aromatic rings. The lowest BCUT2D eigenvalue weighted by molar-refractivity contribution is -0.138. The van der Waals surface area contributed by atoms with Crippen LogP contribution in [0.25, 0.3) is 22.8 Å². The van der Waals surface area contributed by atoms with E-state index < -0.39 is 56.7 Å². The van der Waals surface area contributed by atoms with Gasteiger partial charge in [0.05, 0.1) is 14.9 Å². The zero-order chi connectivity index (χ0) is 31.5. The van der Waals surface area contributed by atoms with E-state index >= 15 is 4.39 Å². The van der Waals surface area contributed by atoms with Gasteiger partial charge in [0.25, 0.3) is 5.89 Å². The lowest BCUT2D eigenvalue weighted by Gasteiger charge is -2.19. The maximum Gasteiger partial charge on any atom is 0.412 e. The standard InChI is InChI=1S/C28H25BrF2N4O7S/c1-28(2,3)41-27(38)32-17-7-5-16(6-8-17)25-33-24(34-42-25)19-10-4-15(12-21(19)30)13-23(26(36)37)35-43(39,40)18-9-11-20(29)22(31)14-18/h4-12,14,23,35H,13H2,1-3H3,(H,32,38)(H,36,37). The number of benzene rings is 3. The van der Waals surface area contributed by atoms with Gasteiger partial charge in [-0.05, 0) is 103 Å². The topological polar surface area (TPSA) is 161 Å². The highest BCUT2D eigenvalue weighted by atomic mass is 79.9. The van der Waals surface area contributed by atoms with Crippen molar-refractivity contribution in [2.75, 3.05) is 5.32 Å². The van der Waals surface area contributed by atoms with E-state index in [1.54, 1.807) is 45.0 Å². The summed E-state index contributed by atoms with van der Waals surface area (Å²) in [6.07, 6.45) is -1.03. The number of hydrogen-bond acceptors (Lipinski definition) is 8. The molecule has 0 aliphatic rings. The Bertz CT molecular complexity index is 1770. The van der Waals surface area contributed by atoms with Crippen LogP contribution in [0.1, 0.15) is 26.3 Å². The van der Waals surface area contributed by atoms with Gasteiger partial charge in [0, 0.05) is 11.3 Å². The Balaban J connectivity index is 1.46. The monoisotopic (exact) mass is 678 g/mol. The second-order valence-corrected chi connectivity index (χ2v) is 12.8. The summed E-state index contributed by atoms with van der Waals surface area (Å²) in [6, 6.07) is 11.5. The van der Waals surface area contributed by atoms with Crippen LogP contribution in [-0.4, -0.2) is 47.4 Å². The van der Waals surface area contributed by atoms with E-state index in [0.29, 0.717) is 11.3 Å². The number of aliphatic carboxylic acids is 1. The third kappa shape index (κ3) is 8.21. The normalized spacial score (nSPS) is 12.5. The number of sulfonamides is 1. The molecule has 11 nitrogen and oxygen atoms in total. The van der Waals surface area contributed by atoms with Crippen molar-refractivity contribution in [2.24, 2.45) is 0 Å². The highest BCUT2D eigenvalue weighted by Crippen LogP contribution is 2.27. The number of anilines is 1. The van der Waals surface area contributed by atoms with Gasteiger partial charge in [0.2, 0.25) is 15.8 Å². The van der Waals surface area contributed by atoms with Gasteiger partial charge < -0.3 is 14.4 Å². The molecule has 3 aromatic carbocycles. The largest absolute Gasteiger partial charge is 0.480 e. The average Bonchev–Trinajstić information content (AvgIpc) is 3.39. The van der Waals surface area contributed by atoms with Crippen LogP contribution >= 0.6 is 15.9 Å². The van der Waals surface area contributed by atoms with Crippen LogP contribution in [-0.2, 0) is 26.0 Å². The minimum atomic E-state index is -4.41. The Morgan fingerprint density at radius 1 is 1.05 bits per heavy atom. The van der Waals surface area contributed by atoms with Gasteiger partial charge >= 0.3 is 12.1 Å². The van der Waals surface area contributed by atoms with Crippen molar-refractivity contribution in [3.05, 3.63) is 82.3 Å². The van der Waals surface area contributed by atoms with Crippen LogP contribution in [0, 0.1) is 11.6 Å². The lowest BCUT2D eigenvalue weighted by Crippen LogP contribution is -2.42. The molecule has 226 valence electrons. The number of carbonyl (C=O) groups is 2. The number of carboxylic acid groups (broad SMARTS) is 1. The number of ether oxygens (including phenoxy) is 1. The van der Waals surface area contributed by atoms with Crippen molar-refractivity contribution in [1.82, 2.24) is 14.9 Å². The van der Waals surface area contributed by atoms with E-state index in [2.05, 4.69) is 31.4 Å². The Kier molecular flexibility index (Phi) is 9.27. The summed E-state index contributed by atoms with van der Waals surface area (Å²) in [5, 5.41) is 16.0. The van der Waals surface area contributed by atoms with Gasteiger partial charge in [-0.1, -0.05) is 11.2 Å². The van der Waals surface area contributed by atoms with Gasteiger partial charge in [-0.2, -0.15) is 9.71 Å². The smallest absolute Gasteiger partial charge is 0.412 e. The molecule has 4 rings (SSSR count). The summed E-state index contributed by atoms with van der Waals surface area (Å²) in [5.41, 5.74) is 0.419. The third-order valence-electron chi connectivity index (χ3n) is 5.71. The summed E-state index contributed by atoms with van der Waals surface area (Å²) in [4.78, 5) is 27.5. The lowest BCUT2D eigenvalue weighted by atomic mass is 10.0. The van der Waals surface area contributed by atoms with E-state index in [4.69, 9.17) is 9.26 Å². The first-order chi connectivity index (χ1) is 20.1. The quantitative estimate of drug-likeness (QED) is 0.200. The molecule has 1 unspecified atom stereocenters. The zero-order valence-corrected chi connectivity index (χ0v) is 25.3. The Labute approximate surface area is 253 Å². The Morgan fingerprint density at radius 2 is 1.74 bits per heavy atom. The number of aromatic nitrogens is 2. The summed E-state index contributed by atoms with van der Waals surface area (Å²) < 4.78 is 66.8. The molecule has 0 aliphatic heterocycles. The molecular formula is C28H25BrF2N4O7S. The maximum atomic E-state index is 15.1. The maximum absolute atomic E-state index is 15.1. The number of amides is 1. The van der Waals surface area contributed by atoms with Crippen LogP contribution in [0.15, 0.2) is 74.6 Å². The summed E-state index contributed by atoms with van der Waals surface area (Å²) in [5.74, 6) is -3.16. The summed E-state index contributed by atoms with van der Waals surface area (Å²) in [7, 11) is -4.41. The molecule has 1 heterocycles. The molecule has 0 radical (unpaired) electrons. The van der Waals surface area contributed by atoms with Crippen molar-refractivity contribution in [3.63, 3.8) is 0 Å². The number of halogens is 3. The number of rotatable bonds is 9. The van der Waals surface area contributed by atoms with E-state index in [-0.39, 0.29) is 27.3 Å². The molecule has 0 aliphatic carbocycles. The molecule has 0 saturated carbocycles. The van der Waals surface area contributed by atoms with Crippen LogP contribution in [0.2, 0.25) is 0 Å². The first kappa shape index (κ1) is 31.7. The molecule has 1 atom stereocenters. The molecule has 15 heteroatoms. The molecule has 1 amide bonds. The van der Waals surface area contributed by atoms with E-state index in [9.17, 15) is 27.5 Å². The molecular weight excluding hydrogens is 654 g/mol. The van der Waals surface area contributed by atoms with Gasteiger partial charge in [0.1, 0.15) is 23.3 Å².